The lowest BCUT2D eigenvalue weighted by atomic mass is 9.80. The Morgan fingerprint density at radius 2 is 1.77 bits per heavy atom. The lowest BCUT2D eigenvalue weighted by Crippen LogP contribution is -2.45. The summed E-state index contributed by atoms with van der Waals surface area (Å²) in [4.78, 5) is 87.8. The van der Waals surface area contributed by atoms with Crippen LogP contribution in [0.15, 0.2) is 24.3 Å². The number of ether oxygens (including phenoxy) is 1. The van der Waals surface area contributed by atoms with Gasteiger partial charge >= 0.3 is 6.03 Å². The summed E-state index contributed by atoms with van der Waals surface area (Å²) in [6, 6.07) is 4.97. The first-order valence-electron chi connectivity index (χ1n) is 16.7. The zero-order valence-corrected chi connectivity index (χ0v) is 28.2. The molecule has 1 fully saturated rings. The fraction of sp³-hybridized carbons (Fsp3) is 0.618. The Morgan fingerprint density at radius 3 is 2.34 bits per heavy atom. The Balaban J connectivity index is 1.93. The maximum atomic E-state index is 13.5. The number of anilines is 1. The molecule has 0 aliphatic carbocycles. The van der Waals surface area contributed by atoms with Gasteiger partial charge in [0.1, 0.15) is 6.61 Å². The highest BCUT2D eigenvalue weighted by molar-refractivity contribution is 6.04. The van der Waals surface area contributed by atoms with E-state index in [-0.39, 0.29) is 79.6 Å². The van der Waals surface area contributed by atoms with Crippen LogP contribution in [0.1, 0.15) is 92.9 Å². The molecule has 1 aromatic carbocycles. The smallest absolute Gasteiger partial charge is 0.312 e. The van der Waals surface area contributed by atoms with Crippen LogP contribution in [0.3, 0.4) is 0 Å². The zero-order valence-electron chi connectivity index (χ0n) is 29.2. The number of nitrogens with one attached hydrogen (secondary N) is 3. The number of unbranched alkanes of at least 4 members (excludes halogenated alkanes) is 2. The highest BCUT2D eigenvalue weighted by Gasteiger charge is 2.44. The summed E-state index contributed by atoms with van der Waals surface area (Å²) >= 11 is 0. The van der Waals surface area contributed by atoms with Crippen molar-refractivity contribution in [2.75, 3.05) is 18.4 Å². The van der Waals surface area contributed by atoms with Crippen LogP contribution in [0, 0.1) is 23.2 Å². The summed E-state index contributed by atoms with van der Waals surface area (Å²) in [6.07, 6.45) is 1.48. The van der Waals surface area contributed by atoms with Gasteiger partial charge in [-0.05, 0) is 54.7 Å². The van der Waals surface area contributed by atoms with Crippen LogP contribution in [0.25, 0.3) is 0 Å². The Labute approximate surface area is 278 Å². The normalized spacial score (nSPS) is 16.3. The molecule has 0 bridgehead atoms. The first-order valence-corrected chi connectivity index (χ1v) is 16.2. The van der Waals surface area contributed by atoms with Crippen LogP contribution in [0.2, 0.25) is 0 Å². The number of hydrogen-bond acceptors (Lipinski definition) is 8. The van der Waals surface area contributed by atoms with Crippen molar-refractivity contribution in [2.24, 2.45) is 28.9 Å². The highest BCUT2D eigenvalue weighted by Crippen LogP contribution is 2.35. The first kappa shape index (κ1) is 37.2. The quantitative estimate of drug-likeness (QED) is 0.0986. The van der Waals surface area contributed by atoms with Crippen molar-refractivity contribution in [1.82, 2.24) is 15.5 Å². The summed E-state index contributed by atoms with van der Waals surface area (Å²) in [7, 11) is 0. The van der Waals surface area contributed by atoms with Crippen molar-refractivity contribution in [1.29, 1.82) is 0 Å². The molecule has 2 rings (SSSR count). The molecule has 13 heteroatoms. The molecule has 0 aromatic heterocycles. The molecule has 1 saturated heterocycles. The molecule has 0 radical (unpaired) electrons. The molecule has 0 saturated carbocycles. The largest absolute Gasteiger partial charge is 0.463 e. The molecule has 1 heterocycles. The van der Waals surface area contributed by atoms with E-state index in [1.165, 1.54) is 4.90 Å². The second-order valence-corrected chi connectivity index (χ2v) is 13.5. The van der Waals surface area contributed by atoms with Gasteiger partial charge in [-0.25, -0.2) is 4.79 Å². The van der Waals surface area contributed by atoms with E-state index in [9.17, 15) is 33.6 Å². The van der Waals surface area contributed by atoms with Gasteiger partial charge in [-0.15, -0.1) is 0 Å². The number of Topliss-reactive ketones (excluding diaryl/α,β-unsaturated/α-hetero) is 1. The molecule has 1 aromatic rings. The van der Waals surface area contributed by atoms with Gasteiger partial charge in [-0.3, -0.25) is 33.7 Å². The number of nitrogens with zero attached hydrogens (tertiary/aromatic N) is 1. The van der Waals surface area contributed by atoms with Crippen LogP contribution >= 0.6 is 0 Å². The summed E-state index contributed by atoms with van der Waals surface area (Å²) in [5.41, 5.74) is 5.93. The number of nitrogens with two attached hydrogens (primary N) is 1. The third-order valence-electron chi connectivity index (χ3n) is 8.27. The molecule has 1 aliphatic rings. The minimum atomic E-state index is -1.15. The highest BCUT2D eigenvalue weighted by atomic mass is 16.5. The average molecular weight is 659 g/mol. The van der Waals surface area contributed by atoms with Crippen LogP contribution < -0.4 is 21.7 Å². The third kappa shape index (κ3) is 13.2. The van der Waals surface area contributed by atoms with Crippen molar-refractivity contribution in [2.45, 2.75) is 98.6 Å². The number of benzene rings is 1. The Bertz CT molecular complexity index is 1310. The van der Waals surface area contributed by atoms with Gasteiger partial charge in [-0.1, -0.05) is 53.2 Å². The van der Waals surface area contributed by atoms with E-state index in [2.05, 4.69) is 20.7 Å². The monoisotopic (exact) mass is 658 g/mol. The van der Waals surface area contributed by atoms with Crippen LogP contribution in [0.5, 0.6) is 0 Å². The fourth-order valence-electron chi connectivity index (χ4n) is 5.49. The molecule has 13 nitrogen and oxygen atoms in total. The van der Waals surface area contributed by atoms with Gasteiger partial charge in [-0.2, -0.15) is 0 Å². The molecule has 0 spiro atoms. The second kappa shape index (κ2) is 18.8. The van der Waals surface area contributed by atoms with Crippen LogP contribution in [0.4, 0.5) is 10.5 Å². The van der Waals surface area contributed by atoms with Gasteiger partial charge in [0.2, 0.25) is 23.6 Å². The van der Waals surface area contributed by atoms with Crippen molar-refractivity contribution in [3.05, 3.63) is 29.8 Å². The molecule has 1 aliphatic heterocycles. The van der Waals surface area contributed by atoms with E-state index in [0.717, 1.165) is 0 Å². The van der Waals surface area contributed by atoms with Crippen LogP contribution in [-0.4, -0.2) is 65.9 Å². The van der Waals surface area contributed by atoms with E-state index in [4.69, 9.17) is 7.10 Å². The van der Waals surface area contributed by atoms with Gasteiger partial charge in [0.05, 0.1) is 12.0 Å². The molecular formula is C34H51N5O8. The average Bonchev–Trinajstić information content (AvgIpc) is 3.29. The van der Waals surface area contributed by atoms with E-state index in [1.54, 1.807) is 24.3 Å². The van der Waals surface area contributed by atoms with Gasteiger partial charge in [0, 0.05) is 44.0 Å². The van der Waals surface area contributed by atoms with Crippen molar-refractivity contribution in [3.8, 4) is 0 Å². The minimum absolute atomic E-state index is 0.0818. The number of imide groups is 1. The van der Waals surface area contributed by atoms with E-state index >= 15 is 0 Å². The summed E-state index contributed by atoms with van der Waals surface area (Å²) in [5.74, 6) is -2.62. The molecule has 5 N–H and O–H groups in total. The van der Waals surface area contributed by atoms with Crippen LogP contribution in [-0.2, 0) is 40.1 Å². The van der Waals surface area contributed by atoms with E-state index in [1.807, 2.05) is 34.6 Å². The molecule has 260 valence electrons. The number of primary amides is 1. The first-order chi connectivity index (χ1) is 22.5. The predicted octanol–water partition coefficient (Wildman–Crippen LogP) is 3.44. The Kier molecular flexibility index (Phi) is 14.8. The fourth-order valence-corrected chi connectivity index (χ4v) is 5.49. The Hall–Kier alpha value is -4.29. The van der Waals surface area contributed by atoms with Crippen molar-refractivity contribution in [3.63, 3.8) is 0 Å². The number of ketones is 1. The standard InChI is InChI=1S/C34H51N5O8/c1-22(2)30(38-28(42)11-7-6-8-17-39-29(43)19-26(32(39)45)34(3,4)5)27(41)18-24(10-9-16-36-33(35)46)31(44)37-25-14-12-23(13-15-25)20-47-21-40/h12-15,21-22,24,26,30H,6-11,16-20H2,1-5H3,(H,37,44)(H,38,42)(H3,35,36,46)/t24-,26?,30+/m1/s1/i21D. The van der Waals surface area contributed by atoms with E-state index < -0.39 is 30.3 Å². The third-order valence-corrected chi connectivity index (χ3v) is 8.27. The number of amides is 6. The second-order valence-electron chi connectivity index (χ2n) is 13.5. The van der Waals surface area contributed by atoms with Crippen molar-refractivity contribution >= 4 is 47.6 Å². The molecule has 3 atom stereocenters. The summed E-state index contributed by atoms with van der Waals surface area (Å²) in [6.45, 7) is 9.93. The molecule has 1 unspecified atom stereocenters. The lowest BCUT2D eigenvalue weighted by molar-refractivity contribution is -0.140. The van der Waals surface area contributed by atoms with Gasteiger partial charge < -0.3 is 26.4 Å². The molecular weight excluding hydrogens is 606 g/mol. The number of urea groups is 1. The summed E-state index contributed by atoms with van der Waals surface area (Å²) < 4.78 is 11.5. The SMILES string of the molecule is [2H]C(=O)OCc1ccc(NC(=O)[C@H](CCCNC(N)=O)CC(=O)[C@@H](NC(=O)CCCCCN2C(=O)CC(C(C)(C)C)C2=O)C(C)C)cc1. The topological polar surface area (TPSA) is 194 Å². The molecule has 6 amide bonds. The van der Waals surface area contributed by atoms with Gasteiger partial charge in [0.25, 0.3) is 6.45 Å². The number of likely N-dealkylation sites (tertiary alicyclic amines) is 1. The Morgan fingerprint density at radius 1 is 1.09 bits per heavy atom. The molecule has 47 heavy (non-hydrogen) atoms. The van der Waals surface area contributed by atoms with Crippen molar-refractivity contribution < 1.29 is 39.7 Å². The maximum absolute atomic E-state index is 13.5. The predicted molar refractivity (Wildman–Crippen MR) is 175 cm³/mol. The number of rotatable bonds is 19. The zero-order chi connectivity index (χ0) is 36.0. The number of hydrogen-bond donors (Lipinski definition) is 4. The number of carbonyl (C=O) groups is 7. The van der Waals surface area contributed by atoms with E-state index in [0.29, 0.717) is 43.5 Å². The minimum Gasteiger partial charge on any atom is -0.463 e. The summed E-state index contributed by atoms with van der Waals surface area (Å²) in [5, 5.41) is 8.09. The maximum Gasteiger partial charge on any atom is 0.312 e. The van der Waals surface area contributed by atoms with Gasteiger partial charge in [0.15, 0.2) is 7.15 Å². The number of carbonyl (C=O) groups excluding carboxylic acids is 7. The lowest BCUT2D eigenvalue weighted by Gasteiger charge is -2.25.